The monoisotopic (exact) mass is 307 g/mol. The Kier molecular flexibility index (Phi) is 5.97. The van der Waals surface area contributed by atoms with Crippen LogP contribution in [-0.2, 0) is 20.7 Å². The number of nitrogens with one attached hydrogen (secondary N) is 1. The second-order valence-electron chi connectivity index (χ2n) is 6.14. The van der Waals surface area contributed by atoms with E-state index in [4.69, 9.17) is 9.47 Å². The van der Waals surface area contributed by atoms with Gasteiger partial charge in [-0.2, -0.15) is 0 Å². The Labute approximate surface area is 132 Å². The molecule has 22 heavy (non-hydrogen) atoms. The highest BCUT2D eigenvalue weighted by molar-refractivity contribution is 5.87. The molecule has 0 aromatic heterocycles. The summed E-state index contributed by atoms with van der Waals surface area (Å²) >= 11 is 0. The molecule has 0 unspecified atom stereocenters. The van der Waals surface area contributed by atoms with Gasteiger partial charge in [-0.3, -0.25) is 10.1 Å². The van der Waals surface area contributed by atoms with Gasteiger partial charge in [0.15, 0.2) is 0 Å². The highest BCUT2D eigenvalue weighted by atomic mass is 16.6. The fourth-order valence-corrected chi connectivity index (χ4v) is 2.07. The Hall–Kier alpha value is -2.04. The van der Waals surface area contributed by atoms with Gasteiger partial charge in [0, 0.05) is 5.69 Å². The summed E-state index contributed by atoms with van der Waals surface area (Å²) < 4.78 is 10.2. The summed E-state index contributed by atoms with van der Waals surface area (Å²) in [6.07, 6.45) is -0.323. The highest BCUT2D eigenvalue weighted by Crippen LogP contribution is 2.24. The second-order valence-corrected chi connectivity index (χ2v) is 6.14. The lowest BCUT2D eigenvalue weighted by Crippen LogP contribution is -2.27. The normalized spacial score (nSPS) is 11.0. The van der Waals surface area contributed by atoms with Gasteiger partial charge in [-0.25, -0.2) is 4.79 Å². The average molecular weight is 307 g/mol. The molecule has 0 fully saturated rings. The first-order valence-corrected chi connectivity index (χ1v) is 7.38. The Morgan fingerprint density at radius 3 is 2.36 bits per heavy atom. The van der Waals surface area contributed by atoms with E-state index in [2.05, 4.69) is 5.32 Å². The molecule has 5 heteroatoms. The van der Waals surface area contributed by atoms with Gasteiger partial charge in [0.2, 0.25) is 0 Å². The summed E-state index contributed by atoms with van der Waals surface area (Å²) in [7, 11) is 0. The van der Waals surface area contributed by atoms with Crippen molar-refractivity contribution in [3.63, 3.8) is 0 Å². The predicted molar refractivity (Wildman–Crippen MR) is 86.1 cm³/mol. The van der Waals surface area contributed by atoms with E-state index < -0.39 is 11.7 Å². The molecule has 0 radical (unpaired) electrons. The number of rotatable bonds is 4. The van der Waals surface area contributed by atoms with Gasteiger partial charge >= 0.3 is 12.1 Å². The van der Waals surface area contributed by atoms with Crippen LogP contribution in [0.25, 0.3) is 0 Å². The van der Waals surface area contributed by atoms with Gasteiger partial charge in [-0.05, 0) is 64.3 Å². The molecule has 0 saturated carbocycles. The van der Waals surface area contributed by atoms with Gasteiger partial charge in [-0.15, -0.1) is 0 Å². The number of carbonyl (C=O) groups is 2. The van der Waals surface area contributed by atoms with E-state index >= 15 is 0 Å². The Morgan fingerprint density at radius 1 is 1.18 bits per heavy atom. The number of benzene rings is 1. The molecule has 1 amide bonds. The largest absolute Gasteiger partial charge is 0.466 e. The van der Waals surface area contributed by atoms with Crippen LogP contribution in [0.3, 0.4) is 0 Å². The van der Waals surface area contributed by atoms with Crippen molar-refractivity contribution in [2.24, 2.45) is 0 Å². The predicted octanol–water partition coefficient (Wildman–Crippen LogP) is 3.76. The average Bonchev–Trinajstić information content (AvgIpc) is 2.36. The van der Waals surface area contributed by atoms with Crippen molar-refractivity contribution in [2.45, 2.75) is 53.6 Å². The number of esters is 1. The molecule has 0 aliphatic rings. The molecule has 0 spiro atoms. The number of ether oxygens (including phenoxy) is 2. The number of carbonyl (C=O) groups excluding carboxylic acids is 2. The maximum absolute atomic E-state index is 11.9. The van der Waals surface area contributed by atoms with E-state index in [1.54, 1.807) is 27.7 Å². The van der Waals surface area contributed by atoms with E-state index in [0.717, 1.165) is 16.7 Å². The second kappa shape index (κ2) is 7.29. The number of aryl methyl sites for hydroxylation is 1. The van der Waals surface area contributed by atoms with Gasteiger partial charge in [-0.1, -0.05) is 6.07 Å². The molecule has 0 saturated heterocycles. The van der Waals surface area contributed by atoms with Crippen molar-refractivity contribution in [2.75, 3.05) is 11.9 Å². The van der Waals surface area contributed by atoms with Gasteiger partial charge in [0.1, 0.15) is 5.60 Å². The van der Waals surface area contributed by atoms with Crippen LogP contribution < -0.4 is 5.32 Å². The lowest BCUT2D eigenvalue weighted by Gasteiger charge is -2.21. The molecule has 122 valence electrons. The van der Waals surface area contributed by atoms with E-state index in [-0.39, 0.29) is 12.4 Å². The van der Waals surface area contributed by atoms with Crippen LogP contribution in [0.5, 0.6) is 0 Å². The van der Waals surface area contributed by atoms with Crippen molar-refractivity contribution < 1.29 is 19.1 Å². The third kappa shape index (κ3) is 5.39. The molecule has 5 nitrogen and oxygen atoms in total. The van der Waals surface area contributed by atoms with Crippen molar-refractivity contribution in [1.82, 2.24) is 0 Å². The first kappa shape index (κ1) is 18.0. The lowest BCUT2D eigenvalue weighted by atomic mass is 9.98. The third-order valence-electron chi connectivity index (χ3n) is 3.09. The first-order valence-electron chi connectivity index (χ1n) is 7.38. The molecular weight excluding hydrogens is 282 g/mol. The van der Waals surface area contributed by atoms with Gasteiger partial charge in [0.05, 0.1) is 13.0 Å². The SMILES string of the molecule is CCOC(=O)Cc1c(C)ccc(NC(=O)OC(C)(C)C)c1C. The molecule has 0 atom stereocenters. The molecule has 1 N–H and O–H groups in total. The number of anilines is 1. The molecule has 0 bridgehead atoms. The number of hydrogen-bond donors (Lipinski definition) is 1. The van der Waals surface area contributed by atoms with Crippen molar-refractivity contribution >= 4 is 17.7 Å². The van der Waals surface area contributed by atoms with E-state index in [1.807, 2.05) is 26.0 Å². The fraction of sp³-hybridized carbons (Fsp3) is 0.529. The lowest BCUT2D eigenvalue weighted by molar-refractivity contribution is -0.142. The van der Waals surface area contributed by atoms with Crippen LogP contribution in [0.1, 0.15) is 44.4 Å². The summed E-state index contributed by atoms with van der Waals surface area (Å²) in [6, 6.07) is 3.68. The van der Waals surface area contributed by atoms with Gasteiger partial charge < -0.3 is 9.47 Å². The van der Waals surface area contributed by atoms with E-state index in [1.165, 1.54) is 0 Å². The van der Waals surface area contributed by atoms with Crippen LogP contribution in [0.15, 0.2) is 12.1 Å². The molecule has 0 aliphatic heterocycles. The minimum Gasteiger partial charge on any atom is -0.466 e. The van der Waals surface area contributed by atoms with Crippen LogP contribution >= 0.6 is 0 Å². The molecule has 1 rings (SSSR count). The van der Waals surface area contributed by atoms with Crippen molar-refractivity contribution in [3.05, 3.63) is 28.8 Å². The zero-order valence-corrected chi connectivity index (χ0v) is 14.2. The standard InChI is InChI=1S/C17H25NO4/c1-7-21-15(19)10-13-11(2)8-9-14(12(13)3)18-16(20)22-17(4,5)6/h8-9H,7,10H2,1-6H3,(H,18,20). The molecule has 0 heterocycles. The van der Waals surface area contributed by atoms with Gasteiger partial charge in [0.25, 0.3) is 0 Å². The zero-order valence-electron chi connectivity index (χ0n) is 14.2. The molecule has 0 aliphatic carbocycles. The number of amides is 1. The Morgan fingerprint density at radius 2 is 1.82 bits per heavy atom. The smallest absolute Gasteiger partial charge is 0.412 e. The summed E-state index contributed by atoms with van der Waals surface area (Å²) in [5.41, 5.74) is 2.78. The quantitative estimate of drug-likeness (QED) is 0.860. The highest BCUT2D eigenvalue weighted by Gasteiger charge is 2.18. The topological polar surface area (TPSA) is 64.6 Å². The number of hydrogen-bond acceptors (Lipinski definition) is 4. The van der Waals surface area contributed by atoms with Crippen LogP contribution in [0, 0.1) is 13.8 Å². The zero-order chi connectivity index (χ0) is 16.9. The van der Waals surface area contributed by atoms with E-state index in [9.17, 15) is 9.59 Å². The van der Waals surface area contributed by atoms with Crippen molar-refractivity contribution in [1.29, 1.82) is 0 Å². The molecule has 1 aromatic rings. The summed E-state index contributed by atoms with van der Waals surface area (Å²) in [6.45, 7) is 11.3. The van der Waals surface area contributed by atoms with Crippen LogP contribution in [0.4, 0.5) is 10.5 Å². The summed E-state index contributed by atoms with van der Waals surface area (Å²) in [5.74, 6) is -0.275. The minimum absolute atomic E-state index is 0.190. The fourth-order valence-electron chi connectivity index (χ4n) is 2.07. The van der Waals surface area contributed by atoms with Crippen LogP contribution in [-0.4, -0.2) is 24.3 Å². The first-order chi connectivity index (χ1) is 10.1. The van der Waals surface area contributed by atoms with Crippen molar-refractivity contribution in [3.8, 4) is 0 Å². The molecular formula is C17H25NO4. The van der Waals surface area contributed by atoms with E-state index in [0.29, 0.717) is 12.3 Å². The summed E-state index contributed by atoms with van der Waals surface area (Å²) in [4.78, 5) is 23.6. The summed E-state index contributed by atoms with van der Waals surface area (Å²) in [5, 5.41) is 2.73. The Balaban J connectivity index is 2.94. The third-order valence-corrected chi connectivity index (χ3v) is 3.09. The molecule has 1 aromatic carbocycles. The minimum atomic E-state index is -0.559. The van der Waals surface area contributed by atoms with Crippen LogP contribution in [0.2, 0.25) is 0 Å². The maximum Gasteiger partial charge on any atom is 0.412 e. The Bertz CT molecular complexity index is 559. The maximum atomic E-state index is 11.9.